The lowest BCUT2D eigenvalue weighted by atomic mass is 10.1. The highest BCUT2D eigenvalue weighted by Crippen LogP contribution is 2.32. The Balaban J connectivity index is 1.40. The molecular weight excluding hydrogens is 410 g/mol. The molecule has 3 aromatic carbocycles. The van der Waals surface area contributed by atoms with Crippen molar-refractivity contribution >= 4 is 31.5 Å². The Labute approximate surface area is 181 Å². The molecule has 7 heteroatoms. The monoisotopic (exact) mass is 435 g/mol. The first-order chi connectivity index (χ1) is 15.1. The van der Waals surface area contributed by atoms with Gasteiger partial charge >= 0.3 is 0 Å². The second-order valence-corrected chi connectivity index (χ2v) is 9.82. The molecule has 4 aromatic rings. The quantitative estimate of drug-likeness (QED) is 0.485. The van der Waals surface area contributed by atoms with Crippen molar-refractivity contribution in [3.05, 3.63) is 60.7 Å². The minimum atomic E-state index is -3.76. The number of aromatic amines is 1. The summed E-state index contributed by atoms with van der Waals surface area (Å²) in [7, 11) is -3.76. The molecule has 0 bridgehead atoms. The molecule has 0 unspecified atom stereocenters. The number of likely N-dealkylation sites (tertiary alicyclic amines) is 1. The first kappa shape index (κ1) is 20.0. The average molecular weight is 436 g/mol. The van der Waals surface area contributed by atoms with Crippen molar-refractivity contribution < 1.29 is 13.2 Å². The van der Waals surface area contributed by atoms with E-state index in [9.17, 15) is 8.42 Å². The Morgan fingerprint density at radius 1 is 0.935 bits per heavy atom. The van der Waals surface area contributed by atoms with E-state index in [0.717, 1.165) is 25.0 Å². The van der Waals surface area contributed by atoms with Crippen molar-refractivity contribution in [2.24, 2.45) is 0 Å². The van der Waals surface area contributed by atoms with E-state index in [1.165, 1.54) is 19.3 Å². The molecule has 1 aliphatic rings. The third kappa shape index (κ3) is 3.91. The van der Waals surface area contributed by atoms with E-state index in [1.807, 2.05) is 36.4 Å². The number of ether oxygens (including phenoxy) is 1. The van der Waals surface area contributed by atoms with Crippen LogP contribution in [-0.4, -0.2) is 49.8 Å². The Morgan fingerprint density at radius 3 is 2.61 bits per heavy atom. The lowest BCUT2D eigenvalue weighted by Crippen LogP contribution is -2.33. The maximum absolute atomic E-state index is 13.4. The summed E-state index contributed by atoms with van der Waals surface area (Å²) < 4.78 is 32.8. The van der Waals surface area contributed by atoms with Crippen LogP contribution in [0.5, 0.6) is 5.75 Å². The maximum Gasteiger partial charge on any atom is 0.224 e. The van der Waals surface area contributed by atoms with Crippen LogP contribution >= 0.6 is 0 Å². The van der Waals surface area contributed by atoms with Crippen molar-refractivity contribution in [3.63, 3.8) is 0 Å². The summed E-state index contributed by atoms with van der Waals surface area (Å²) >= 11 is 0. The van der Waals surface area contributed by atoms with Gasteiger partial charge < -0.3 is 4.74 Å². The van der Waals surface area contributed by atoms with E-state index in [0.29, 0.717) is 28.6 Å². The third-order valence-corrected chi connectivity index (χ3v) is 7.71. The van der Waals surface area contributed by atoms with Gasteiger partial charge in [0, 0.05) is 23.4 Å². The Morgan fingerprint density at radius 2 is 1.74 bits per heavy atom. The molecule has 0 saturated carbocycles. The fraction of sp³-hybridized carbons (Fsp3) is 0.292. The number of rotatable bonds is 6. The van der Waals surface area contributed by atoms with Crippen LogP contribution in [0.4, 0.5) is 0 Å². The minimum absolute atomic E-state index is 0.110. The van der Waals surface area contributed by atoms with Crippen molar-refractivity contribution in [1.29, 1.82) is 0 Å². The molecule has 1 aliphatic heterocycles. The largest absolute Gasteiger partial charge is 0.492 e. The number of sulfone groups is 1. The fourth-order valence-electron chi connectivity index (χ4n) is 4.28. The molecule has 31 heavy (non-hydrogen) atoms. The van der Waals surface area contributed by atoms with E-state index in [4.69, 9.17) is 4.74 Å². The number of fused-ring (bicyclic) bond motifs is 2. The van der Waals surface area contributed by atoms with E-state index >= 15 is 0 Å². The summed E-state index contributed by atoms with van der Waals surface area (Å²) in [6.45, 7) is 3.78. The van der Waals surface area contributed by atoms with Gasteiger partial charge in [-0.1, -0.05) is 42.8 Å². The highest BCUT2D eigenvalue weighted by Gasteiger charge is 2.25. The van der Waals surface area contributed by atoms with Gasteiger partial charge in [0.15, 0.2) is 5.03 Å². The number of hydrogen-bond acceptors (Lipinski definition) is 5. The van der Waals surface area contributed by atoms with Crippen LogP contribution in [0.25, 0.3) is 21.7 Å². The number of nitrogens with one attached hydrogen (secondary N) is 1. The summed E-state index contributed by atoms with van der Waals surface area (Å²) in [5.41, 5.74) is 0.578. The van der Waals surface area contributed by atoms with Crippen molar-refractivity contribution in [2.75, 3.05) is 26.2 Å². The van der Waals surface area contributed by atoms with Gasteiger partial charge in [0.2, 0.25) is 9.84 Å². The predicted octanol–water partition coefficient (Wildman–Crippen LogP) is 4.41. The first-order valence-corrected chi connectivity index (χ1v) is 12.2. The first-order valence-electron chi connectivity index (χ1n) is 10.7. The standard InChI is InChI=1S/C24H25N3O3S/c28-31(29,23-10-6-8-18-7-2-3-9-20(18)23)24-21-12-11-19(17-22(21)25-26-24)30-16-15-27-13-4-1-5-14-27/h2-3,6-12,17H,1,4-5,13-16H2,(H,25,26). The molecule has 5 rings (SSSR count). The minimum Gasteiger partial charge on any atom is -0.492 e. The number of H-pyrrole nitrogens is 1. The zero-order valence-corrected chi connectivity index (χ0v) is 18.1. The van der Waals surface area contributed by atoms with Gasteiger partial charge in [-0.05, 0) is 49.5 Å². The van der Waals surface area contributed by atoms with Gasteiger partial charge in [0.1, 0.15) is 12.4 Å². The number of aromatic nitrogens is 2. The highest BCUT2D eigenvalue weighted by molar-refractivity contribution is 7.91. The average Bonchev–Trinajstić information content (AvgIpc) is 3.23. The van der Waals surface area contributed by atoms with Crippen molar-refractivity contribution in [2.45, 2.75) is 29.2 Å². The molecule has 0 radical (unpaired) electrons. The van der Waals surface area contributed by atoms with Gasteiger partial charge in [-0.25, -0.2) is 8.42 Å². The van der Waals surface area contributed by atoms with Crippen LogP contribution in [0.1, 0.15) is 19.3 Å². The van der Waals surface area contributed by atoms with Gasteiger partial charge in [-0.2, -0.15) is 5.10 Å². The molecule has 2 heterocycles. The maximum atomic E-state index is 13.4. The lowest BCUT2D eigenvalue weighted by molar-refractivity contribution is 0.183. The molecule has 0 spiro atoms. The van der Waals surface area contributed by atoms with Crippen molar-refractivity contribution in [3.8, 4) is 5.75 Å². The molecular formula is C24H25N3O3S. The number of benzene rings is 3. The smallest absolute Gasteiger partial charge is 0.224 e. The molecule has 1 saturated heterocycles. The Hall–Kier alpha value is -2.90. The second kappa shape index (κ2) is 8.32. The molecule has 6 nitrogen and oxygen atoms in total. The number of hydrogen-bond donors (Lipinski definition) is 1. The summed E-state index contributed by atoms with van der Waals surface area (Å²) in [5, 5.41) is 9.27. The second-order valence-electron chi connectivity index (χ2n) is 7.96. The van der Waals surface area contributed by atoms with Crippen LogP contribution in [0.2, 0.25) is 0 Å². The van der Waals surface area contributed by atoms with Crippen LogP contribution in [0.3, 0.4) is 0 Å². The third-order valence-electron chi connectivity index (χ3n) is 5.92. The van der Waals surface area contributed by atoms with Crippen LogP contribution in [0, 0.1) is 0 Å². The molecule has 160 valence electrons. The Bertz CT molecular complexity index is 1320. The van der Waals surface area contributed by atoms with E-state index in [-0.39, 0.29) is 9.92 Å². The normalized spacial score (nSPS) is 15.5. The fourth-order valence-corrected chi connectivity index (χ4v) is 5.86. The predicted molar refractivity (Wildman–Crippen MR) is 121 cm³/mol. The van der Waals surface area contributed by atoms with E-state index in [2.05, 4.69) is 15.1 Å². The number of nitrogens with zero attached hydrogens (tertiary/aromatic N) is 2. The molecule has 0 atom stereocenters. The molecule has 0 aliphatic carbocycles. The molecule has 1 aromatic heterocycles. The number of piperidine rings is 1. The summed E-state index contributed by atoms with van der Waals surface area (Å²) in [6, 6.07) is 18.2. The van der Waals surface area contributed by atoms with E-state index in [1.54, 1.807) is 24.3 Å². The summed E-state index contributed by atoms with van der Waals surface area (Å²) in [4.78, 5) is 2.70. The van der Waals surface area contributed by atoms with Gasteiger partial charge in [-0.3, -0.25) is 10.00 Å². The molecule has 1 fully saturated rings. The topological polar surface area (TPSA) is 75.3 Å². The summed E-state index contributed by atoms with van der Waals surface area (Å²) in [5.74, 6) is 0.699. The van der Waals surface area contributed by atoms with Crippen molar-refractivity contribution in [1.82, 2.24) is 15.1 Å². The van der Waals surface area contributed by atoms with Crippen LogP contribution < -0.4 is 4.74 Å². The highest BCUT2D eigenvalue weighted by atomic mass is 32.2. The van der Waals surface area contributed by atoms with Crippen LogP contribution in [-0.2, 0) is 9.84 Å². The molecule has 0 amide bonds. The van der Waals surface area contributed by atoms with Gasteiger partial charge in [-0.15, -0.1) is 0 Å². The van der Waals surface area contributed by atoms with Crippen LogP contribution in [0.15, 0.2) is 70.6 Å². The van der Waals surface area contributed by atoms with E-state index < -0.39 is 9.84 Å². The Kier molecular flexibility index (Phi) is 5.38. The van der Waals surface area contributed by atoms with Gasteiger partial charge in [0.05, 0.1) is 10.4 Å². The zero-order valence-electron chi connectivity index (χ0n) is 17.3. The summed E-state index contributed by atoms with van der Waals surface area (Å²) in [6.07, 6.45) is 3.83. The van der Waals surface area contributed by atoms with Gasteiger partial charge in [0.25, 0.3) is 0 Å². The zero-order chi connectivity index (χ0) is 21.3. The SMILES string of the molecule is O=S(=O)(c1cccc2ccccc12)c1[nH]nc2cc(OCCN3CCCCC3)ccc12. The lowest BCUT2D eigenvalue weighted by Gasteiger charge is -2.26. The molecule has 1 N–H and O–H groups in total.